The van der Waals surface area contributed by atoms with Crippen LogP contribution in [0.3, 0.4) is 0 Å². The molecule has 8 nitrogen and oxygen atoms in total. The van der Waals surface area contributed by atoms with Gasteiger partial charge in [0.2, 0.25) is 5.75 Å². The van der Waals surface area contributed by atoms with Crippen molar-refractivity contribution in [3.05, 3.63) is 70.2 Å². The van der Waals surface area contributed by atoms with Crippen molar-refractivity contribution < 1.29 is 32.9 Å². The average Bonchev–Trinajstić information content (AvgIpc) is 3.10. The summed E-state index contributed by atoms with van der Waals surface area (Å²) in [5.41, 5.74) is -1.61. The molecule has 1 aliphatic heterocycles. The van der Waals surface area contributed by atoms with E-state index in [2.05, 4.69) is 9.72 Å². The number of halogens is 3. The van der Waals surface area contributed by atoms with E-state index in [-0.39, 0.29) is 41.3 Å². The number of carbonyl (C=O) groups is 1. The maximum atomic E-state index is 14.7. The van der Waals surface area contributed by atoms with Crippen molar-refractivity contribution in [2.45, 2.75) is 6.42 Å². The van der Waals surface area contributed by atoms with Crippen LogP contribution < -0.4 is 15.2 Å². The largest absolute Gasteiger partial charge is 0.511 e. The second-order valence-electron chi connectivity index (χ2n) is 6.39. The van der Waals surface area contributed by atoms with E-state index in [1.54, 1.807) is 0 Å². The summed E-state index contributed by atoms with van der Waals surface area (Å²) in [4.78, 5) is 28.9. The SMILES string of the molecule is O=C(O)Oc1cc(-c2ccc(F)cc2F)c2nc(N3C=C(O)CC3)c(F)cn2c1=O. The molecule has 0 amide bonds. The molecule has 3 aromatic rings. The third-order valence-electron chi connectivity index (χ3n) is 4.45. The fourth-order valence-electron chi connectivity index (χ4n) is 3.15. The molecule has 0 aliphatic carbocycles. The van der Waals surface area contributed by atoms with Gasteiger partial charge in [0.25, 0.3) is 5.56 Å². The molecule has 1 aromatic carbocycles. The number of pyridine rings is 1. The Hall–Kier alpha value is -4.02. The number of anilines is 1. The lowest BCUT2D eigenvalue weighted by Crippen LogP contribution is -2.23. The lowest BCUT2D eigenvalue weighted by Gasteiger charge is -2.17. The molecule has 0 radical (unpaired) electrons. The van der Waals surface area contributed by atoms with E-state index < -0.39 is 34.9 Å². The van der Waals surface area contributed by atoms with Crippen LogP contribution in [0.1, 0.15) is 6.42 Å². The minimum Gasteiger partial charge on any atom is -0.511 e. The number of aliphatic hydroxyl groups excluding tert-OH is 1. The quantitative estimate of drug-likeness (QED) is 0.627. The van der Waals surface area contributed by atoms with Gasteiger partial charge in [0.05, 0.1) is 6.20 Å². The molecule has 1 aliphatic rings. The molecule has 0 spiro atoms. The Balaban J connectivity index is 2.05. The summed E-state index contributed by atoms with van der Waals surface area (Å²) in [6.45, 7) is 0.219. The summed E-state index contributed by atoms with van der Waals surface area (Å²) < 4.78 is 47.6. The molecule has 0 bridgehead atoms. The number of hydrogen-bond acceptors (Lipinski definition) is 6. The zero-order chi connectivity index (χ0) is 21.6. The number of aliphatic hydroxyl groups is 1. The van der Waals surface area contributed by atoms with Crippen molar-refractivity contribution in [3.8, 4) is 16.9 Å². The van der Waals surface area contributed by atoms with Crippen LogP contribution >= 0.6 is 0 Å². The smallest absolute Gasteiger partial charge is 0.511 e. The summed E-state index contributed by atoms with van der Waals surface area (Å²) in [7, 11) is 0. The zero-order valence-electron chi connectivity index (χ0n) is 15.0. The van der Waals surface area contributed by atoms with Crippen molar-refractivity contribution >= 4 is 17.6 Å². The first kappa shape index (κ1) is 19.3. The maximum Gasteiger partial charge on any atom is 0.511 e. The first-order valence-corrected chi connectivity index (χ1v) is 8.53. The van der Waals surface area contributed by atoms with E-state index in [4.69, 9.17) is 5.11 Å². The number of fused-ring (bicyclic) bond motifs is 1. The van der Waals surface area contributed by atoms with Gasteiger partial charge in [-0.05, 0) is 18.2 Å². The summed E-state index contributed by atoms with van der Waals surface area (Å²) >= 11 is 0. The highest BCUT2D eigenvalue weighted by atomic mass is 19.1. The molecular weight excluding hydrogens is 407 g/mol. The number of ether oxygens (including phenoxy) is 1. The van der Waals surface area contributed by atoms with Gasteiger partial charge < -0.3 is 19.8 Å². The fraction of sp³-hybridized carbons (Fsp3) is 0.105. The lowest BCUT2D eigenvalue weighted by molar-refractivity contribution is 0.143. The van der Waals surface area contributed by atoms with Gasteiger partial charge in [0.15, 0.2) is 17.3 Å². The molecule has 3 heterocycles. The predicted octanol–water partition coefficient (Wildman–Crippen LogP) is 3.45. The molecule has 0 unspecified atom stereocenters. The average molecular weight is 419 g/mol. The molecule has 4 rings (SSSR count). The number of hydrogen-bond donors (Lipinski definition) is 2. The van der Waals surface area contributed by atoms with Crippen LogP contribution in [-0.4, -0.2) is 32.3 Å². The highest BCUT2D eigenvalue weighted by Crippen LogP contribution is 2.31. The van der Waals surface area contributed by atoms with Crippen LogP contribution in [0.4, 0.5) is 23.8 Å². The molecule has 2 aromatic heterocycles. The number of nitrogens with zero attached hydrogens (tertiary/aromatic N) is 3. The molecule has 30 heavy (non-hydrogen) atoms. The van der Waals surface area contributed by atoms with Crippen LogP contribution in [0.15, 0.2) is 47.2 Å². The van der Waals surface area contributed by atoms with Crippen molar-refractivity contribution in [3.63, 3.8) is 0 Å². The Morgan fingerprint density at radius 1 is 1.13 bits per heavy atom. The van der Waals surface area contributed by atoms with Gasteiger partial charge in [0, 0.05) is 36.4 Å². The van der Waals surface area contributed by atoms with E-state index in [1.165, 1.54) is 11.1 Å². The Morgan fingerprint density at radius 2 is 1.90 bits per heavy atom. The number of aromatic nitrogens is 2. The Kier molecular flexibility index (Phi) is 4.57. The van der Waals surface area contributed by atoms with E-state index >= 15 is 0 Å². The van der Waals surface area contributed by atoms with Crippen molar-refractivity contribution in [2.75, 3.05) is 11.4 Å². The van der Waals surface area contributed by atoms with Crippen LogP contribution in [0.2, 0.25) is 0 Å². The highest BCUT2D eigenvalue weighted by Gasteiger charge is 2.23. The van der Waals surface area contributed by atoms with Crippen LogP contribution in [0.5, 0.6) is 5.75 Å². The van der Waals surface area contributed by atoms with Gasteiger partial charge in [-0.2, -0.15) is 0 Å². The Labute approximate surface area is 165 Å². The van der Waals surface area contributed by atoms with Gasteiger partial charge >= 0.3 is 6.16 Å². The zero-order valence-corrected chi connectivity index (χ0v) is 15.0. The number of rotatable bonds is 3. The first-order chi connectivity index (χ1) is 14.2. The second-order valence-corrected chi connectivity index (χ2v) is 6.39. The van der Waals surface area contributed by atoms with Gasteiger partial charge in [-0.3, -0.25) is 9.20 Å². The van der Waals surface area contributed by atoms with Crippen molar-refractivity contribution in [1.82, 2.24) is 9.38 Å². The molecule has 0 atom stereocenters. The summed E-state index contributed by atoms with van der Waals surface area (Å²) in [5, 5.41) is 18.4. The maximum absolute atomic E-state index is 14.7. The molecular formula is C19H12F3N3O5. The van der Waals surface area contributed by atoms with E-state index in [0.717, 1.165) is 24.4 Å². The lowest BCUT2D eigenvalue weighted by atomic mass is 10.1. The van der Waals surface area contributed by atoms with Crippen LogP contribution in [0.25, 0.3) is 16.8 Å². The fourth-order valence-corrected chi connectivity index (χ4v) is 3.15. The van der Waals surface area contributed by atoms with Gasteiger partial charge in [-0.25, -0.2) is 22.9 Å². The summed E-state index contributed by atoms with van der Waals surface area (Å²) in [5.74, 6) is -3.77. The van der Waals surface area contributed by atoms with Crippen molar-refractivity contribution in [2.24, 2.45) is 0 Å². The number of carboxylic acid groups (broad SMARTS) is 1. The van der Waals surface area contributed by atoms with E-state index in [1.807, 2.05) is 0 Å². The Bertz CT molecular complexity index is 1290. The first-order valence-electron chi connectivity index (χ1n) is 8.53. The molecule has 0 saturated carbocycles. The topological polar surface area (TPSA) is 104 Å². The van der Waals surface area contributed by atoms with Gasteiger partial charge in [-0.15, -0.1) is 0 Å². The van der Waals surface area contributed by atoms with Crippen LogP contribution in [0, 0.1) is 17.5 Å². The predicted molar refractivity (Wildman–Crippen MR) is 98.1 cm³/mol. The van der Waals surface area contributed by atoms with E-state index in [0.29, 0.717) is 10.5 Å². The minimum absolute atomic E-state index is 0.00322. The molecule has 0 fully saturated rings. The monoisotopic (exact) mass is 419 g/mol. The molecule has 154 valence electrons. The van der Waals surface area contributed by atoms with Gasteiger partial charge in [-0.1, -0.05) is 0 Å². The third-order valence-corrected chi connectivity index (χ3v) is 4.45. The van der Waals surface area contributed by atoms with Crippen molar-refractivity contribution in [1.29, 1.82) is 0 Å². The molecule has 0 saturated heterocycles. The third kappa shape index (κ3) is 3.30. The van der Waals surface area contributed by atoms with Gasteiger partial charge in [0.1, 0.15) is 17.4 Å². The minimum atomic E-state index is -1.81. The standard InChI is InChI=1S/C19H12F3N3O5/c20-9-1-2-11(13(21)5-9)12-6-15(30-19(28)29)18(27)25-8-14(22)17(23-16(12)25)24-4-3-10(26)7-24/h1-2,5-8,26H,3-4H2,(H,28,29). The summed E-state index contributed by atoms with van der Waals surface area (Å²) in [6, 6.07) is 3.57. The second kappa shape index (κ2) is 7.10. The highest BCUT2D eigenvalue weighted by molar-refractivity contribution is 5.80. The normalized spacial score (nSPS) is 13.6. The Morgan fingerprint density at radius 3 is 2.53 bits per heavy atom. The van der Waals surface area contributed by atoms with E-state index in [9.17, 15) is 27.9 Å². The summed E-state index contributed by atoms with van der Waals surface area (Å²) in [6.07, 6.45) is 0.465. The van der Waals surface area contributed by atoms with Crippen LogP contribution in [-0.2, 0) is 0 Å². The number of benzene rings is 1. The molecule has 11 heteroatoms. The molecule has 2 N–H and O–H groups in total.